The Morgan fingerprint density at radius 3 is 2.19 bits per heavy atom. The van der Waals surface area contributed by atoms with Crippen LogP contribution in [0.4, 0.5) is 5.69 Å². The van der Waals surface area contributed by atoms with Gasteiger partial charge >= 0.3 is 5.97 Å². The molecule has 0 heterocycles. The van der Waals surface area contributed by atoms with Gasteiger partial charge in [-0.3, -0.25) is 4.79 Å². The number of benzene rings is 2. The summed E-state index contributed by atoms with van der Waals surface area (Å²) in [4.78, 5) is 23.9. The number of ether oxygens (including phenoxy) is 1. The lowest BCUT2D eigenvalue weighted by atomic mass is 10.0. The number of hydrogen-bond donors (Lipinski definition) is 1. The second kappa shape index (κ2) is 9.56. The molecule has 2 rings (SSSR count). The lowest BCUT2D eigenvalue weighted by Crippen LogP contribution is -2.21. The summed E-state index contributed by atoms with van der Waals surface area (Å²) in [6.45, 7) is 5.78. The van der Waals surface area contributed by atoms with E-state index in [0.29, 0.717) is 0 Å². The van der Waals surface area contributed by atoms with Crippen molar-refractivity contribution in [3.8, 4) is 0 Å². The average molecular weight is 351 g/mol. The quantitative estimate of drug-likeness (QED) is 0.597. The van der Waals surface area contributed by atoms with Gasteiger partial charge in [-0.1, -0.05) is 61.9 Å². The van der Waals surface area contributed by atoms with Gasteiger partial charge in [0.15, 0.2) is 6.61 Å². The van der Waals surface area contributed by atoms with Crippen LogP contribution in [0.3, 0.4) is 0 Å². The highest BCUT2D eigenvalue weighted by Gasteiger charge is 2.11. The number of nitrogens with one attached hydrogen (secondary N) is 1. The van der Waals surface area contributed by atoms with Gasteiger partial charge in [-0.15, -0.1) is 0 Å². The molecule has 2 aromatic rings. The van der Waals surface area contributed by atoms with Crippen molar-refractivity contribution in [2.75, 3.05) is 11.9 Å². The van der Waals surface area contributed by atoms with E-state index in [-0.39, 0.29) is 12.5 Å². The molecule has 1 N–H and O–H groups in total. The third kappa shape index (κ3) is 5.59. The first-order valence-electron chi connectivity index (χ1n) is 8.85. The van der Waals surface area contributed by atoms with Crippen molar-refractivity contribution >= 4 is 23.6 Å². The molecule has 0 bridgehead atoms. The van der Waals surface area contributed by atoms with Gasteiger partial charge in [-0.2, -0.15) is 0 Å². The number of hydrogen-bond acceptors (Lipinski definition) is 3. The van der Waals surface area contributed by atoms with Crippen LogP contribution in [0.5, 0.6) is 0 Å². The third-order valence-corrected chi connectivity index (χ3v) is 4.10. The number of anilines is 1. The summed E-state index contributed by atoms with van der Waals surface area (Å²) in [6, 6.07) is 13.7. The number of para-hydroxylation sites is 1. The van der Waals surface area contributed by atoms with Crippen molar-refractivity contribution in [1.29, 1.82) is 0 Å². The summed E-state index contributed by atoms with van der Waals surface area (Å²) in [6.07, 6.45) is 4.64. The molecule has 0 aliphatic carbocycles. The Labute approximate surface area is 154 Å². The van der Waals surface area contributed by atoms with Crippen molar-refractivity contribution in [2.24, 2.45) is 0 Å². The molecule has 0 aliphatic rings. The number of aryl methyl sites for hydroxylation is 3. The first-order valence-corrected chi connectivity index (χ1v) is 8.85. The summed E-state index contributed by atoms with van der Waals surface area (Å²) >= 11 is 0. The van der Waals surface area contributed by atoms with Crippen molar-refractivity contribution < 1.29 is 14.3 Å². The average Bonchev–Trinajstić information content (AvgIpc) is 2.66. The van der Waals surface area contributed by atoms with Crippen molar-refractivity contribution in [2.45, 2.75) is 33.6 Å². The Balaban J connectivity index is 1.90. The molecule has 26 heavy (non-hydrogen) atoms. The maximum absolute atomic E-state index is 12.2. The fourth-order valence-corrected chi connectivity index (χ4v) is 2.61. The Kier molecular flexibility index (Phi) is 7.15. The van der Waals surface area contributed by atoms with Gasteiger partial charge in [0.05, 0.1) is 0 Å². The predicted octanol–water partition coefficient (Wildman–Crippen LogP) is 4.31. The van der Waals surface area contributed by atoms with E-state index >= 15 is 0 Å². The maximum Gasteiger partial charge on any atom is 0.331 e. The molecule has 0 unspecified atom stereocenters. The molecule has 136 valence electrons. The molecular formula is C22H25NO3. The summed E-state index contributed by atoms with van der Waals surface area (Å²) in [5.74, 6) is -0.877. The monoisotopic (exact) mass is 351 g/mol. The molecule has 0 aliphatic heterocycles. The molecule has 0 atom stereocenters. The normalized spacial score (nSPS) is 10.7. The van der Waals surface area contributed by atoms with E-state index in [2.05, 4.69) is 5.32 Å². The number of amides is 1. The van der Waals surface area contributed by atoms with E-state index in [1.807, 2.05) is 63.2 Å². The van der Waals surface area contributed by atoms with Gasteiger partial charge < -0.3 is 10.1 Å². The molecule has 2 aromatic carbocycles. The Morgan fingerprint density at radius 1 is 1.00 bits per heavy atom. The molecular weight excluding hydrogens is 326 g/mol. The van der Waals surface area contributed by atoms with Gasteiger partial charge in [0.1, 0.15) is 0 Å². The van der Waals surface area contributed by atoms with Gasteiger partial charge in [-0.25, -0.2) is 4.79 Å². The lowest BCUT2D eigenvalue weighted by Gasteiger charge is -2.14. The molecule has 0 aromatic heterocycles. The zero-order valence-corrected chi connectivity index (χ0v) is 15.5. The zero-order chi connectivity index (χ0) is 18.9. The number of carbonyl (C=O) groups excluding carboxylic acids is 2. The highest BCUT2D eigenvalue weighted by Crippen LogP contribution is 2.22. The van der Waals surface area contributed by atoms with E-state index in [4.69, 9.17) is 4.74 Å². The zero-order valence-electron chi connectivity index (χ0n) is 15.5. The van der Waals surface area contributed by atoms with Crippen molar-refractivity contribution in [1.82, 2.24) is 0 Å². The topological polar surface area (TPSA) is 55.4 Å². The van der Waals surface area contributed by atoms with E-state index in [1.165, 1.54) is 6.08 Å². The minimum Gasteiger partial charge on any atom is -0.452 e. The Morgan fingerprint density at radius 2 is 1.62 bits per heavy atom. The second-order valence-corrected chi connectivity index (χ2v) is 6.06. The summed E-state index contributed by atoms with van der Waals surface area (Å²) in [5.41, 5.74) is 5.03. The van der Waals surface area contributed by atoms with Crippen LogP contribution in [0.25, 0.3) is 6.08 Å². The van der Waals surface area contributed by atoms with Crippen LogP contribution >= 0.6 is 0 Å². The van der Waals surface area contributed by atoms with E-state index in [1.54, 1.807) is 6.08 Å². The number of carbonyl (C=O) groups is 2. The fourth-order valence-electron chi connectivity index (χ4n) is 2.61. The van der Waals surface area contributed by atoms with Crippen LogP contribution in [0.15, 0.2) is 48.5 Å². The Hall–Kier alpha value is -2.88. The van der Waals surface area contributed by atoms with Gasteiger partial charge in [0, 0.05) is 11.8 Å². The SMILES string of the molecule is CCc1cccc(CC)c1NC(=O)COC(=O)C=Cc1ccc(C)cc1. The van der Waals surface area contributed by atoms with Crippen LogP contribution in [-0.4, -0.2) is 18.5 Å². The standard InChI is InChI=1S/C22H25NO3/c1-4-18-7-6-8-19(5-2)22(18)23-20(24)15-26-21(25)14-13-17-11-9-16(3)10-12-17/h6-14H,4-5,15H2,1-3H3,(H,23,24). The molecule has 0 saturated heterocycles. The summed E-state index contributed by atoms with van der Waals surface area (Å²) in [5, 5.41) is 2.88. The Bertz CT molecular complexity index is 769. The lowest BCUT2D eigenvalue weighted by molar-refractivity contribution is -0.142. The largest absolute Gasteiger partial charge is 0.452 e. The summed E-state index contributed by atoms with van der Waals surface area (Å²) in [7, 11) is 0. The minimum atomic E-state index is -0.541. The second-order valence-electron chi connectivity index (χ2n) is 6.06. The van der Waals surface area contributed by atoms with Crippen LogP contribution in [-0.2, 0) is 27.2 Å². The van der Waals surface area contributed by atoms with Gasteiger partial charge in [-0.05, 0) is 42.5 Å². The third-order valence-electron chi connectivity index (χ3n) is 4.10. The summed E-state index contributed by atoms with van der Waals surface area (Å²) < 4.78 is 5.03. The first kappa shape index (κ1) is 19.4. The smallest absolute Gasteiger partial charge is 0.331 e. The van der Waals surface area contributed by atoms with E-state index < -0.39 is 5.97 Å². The van der Waals surface area contributed by atoms with E-state index in [0.717, 1.165) is 40.8 Å². The highest BCUT2D eigenvalue weighted by atomic mass is 16.5. The molecule has 1 amide bonds. The van der Waals surface area contributed by atoms with Crippen LogP contribution in [0.1, 0.15) is 36.1 Å². The van der Waals surface area contributed by atoms with Crippen LogP contribution < -0.4 is 5.32 Å². The first-order chi connectivity index (χ1) is 12.5. The minimum absolute atomic E-state index is 0.307. The predicted molar refractivity (Wildman–Crippen MR) is 105 cm³/mol. The number of rotatable bonds is 7. The molecule has 0 spiro atoms. The fraction of sp³-hybridized carbons (Fsp3) is 0.273. The van der Waals surface area contributed by atoms with Gasteiger partial charge in [0.25, 0.3) is 5.91 Å². The number of esters is 1. The molecule has 4 nitrogen and oxygen atoms in total. The van der Waals surface area contributed by atoms with Crippen molar-refractivity contribution in [3.63, 3.8) is 0 Å². The molecule has 0 fully saturated rings. The van der Waals surface area contributed by atoms with Crippen LogP contribution in [0.2, 0.25) is 0 Å². The van der Waals surface area contributed by atoms with Crippen LogP contribution in [0, 0.1) is 6.92 Å². The molecule has 0 saturated carbocycles. The highest BCUT2D eigenvalue weighted by molar-refractivity contribution is 5.95. The molecule has 0 radical (unpaired) electrons. The maximum atomic E-state index is 12.2. The van der Waals surface area contributed by atoms with E-state index in [9.17, 15) is 9.59 Å². The van der Waals surface area contributed by atoms with Gasteiger partial charge in [0.2, 0.25) is 0 Å². The molecule has 4 heteroatoms. The van der Waals surface area contributed by atoms with Crippen molar-refractivity contribution in [3.05, 3.63) is 70.8 Å².